The topological polar surface area (TPSA) is 115 Å². The Morgan fingerprint density at radius 2 is 1.83 bits per heavy atom. The normalized spacial score (nSPS) is 20.6. The second-order valence-corrected chi connectivity index (χ2v) is 10.3. The number of methoxy groups -OCH3 is 1. The fourth-order valence-electron chi connectivity index (χ4n) is 4.50. The summed E-state index contributed by atoms with van der Waals surface area (Å²) in [6.07, 6.45) is 0. The van der Waals surface area contributed by atoms with Crippen molar-refractivity contribution in [1.82, 2.24) is 4.98 Å². The average molecular weight is 527 g/mol. The van der Waals surface area contributed by atoms with Crippen LogP contribution in [-0.2, 0) is 19.1 Å². The number of carbonyl (C=O) groups excluding carboxylic acids is 3. The zero-order valence-corrected chi connectivity index (χ0v) is 21.0. The first-order valence-electron chi connectivity index (χ1n) is 11.2. The van der Waals surface area contributed by atoms with Crippen LogP contribution in [0.3, 0.4) is 0 Å². The summed E-state index contributed by atoms with van der Waals surface area (Å²) < 4.78 is 15.7. The number of nitrogens with zero attached hydrogens (tertiary/aromatic N) is 1. The van der Waals surface area contributed by atoms with E-state index < -0.39 is 23.1 Å². The number of aromatic nitrogens is 1. The van der Waals surface area contributed by atoms with Gasteiger partial charge >= 0.3 is 10.8 Å². The third-order valence-corrected chi connectivity index (χ3v) is 8.43. The Morgan fingerprint density at radius 1 is 1.06 bits per heavy atom. The summed E-state index contributed by atoms with van der Waals surface area (Å²) in [4.78, 5) is 55.7. The lowest BCUT2D eigenvalue weighted by Gasteiger charge is -2.30. The van der Waals surface area contributed by atoms with Gasteiger partial charge in [0.2, 0.25) is 11.8 Å². The number of carbonyl (C=O) groups is 3. The summed E-state index contributed by atoms with van der Waals surface area (Å²) >= 11 is 2.25. The van der Waals surface area contributed by atoms with Gasteiger partial charge in [0.05, 0.1) is 30.3 Å². The molecule has 2 aliphatic heterocycles. The molecule has 0 aliphatic carbocycles. The molecule has 0 bridgehead atoms. The van der Waals surface area contributed by atoms with Crippen LogP contribution in [0.1, 0.15) is 23.3 Å². The van der Waals surface area contributed by atoms with Gasteiger partial charge in [-0.25, -0.2) is 9.69 Å². The molecule has 3 heterocycles. The van der Waals surface area contributed by atoms with Crippen LogP contribution < -0.4 is 19.2 Å². The Hall–Kier alpha value is -3.57. The smallest absolute Gasteiger partial charge is 0.344 e. The Kier molecular flexibility index (Phi) is 6.59. The van der Waals surface area contributed by atoms with Gasteiger partial charge in [-0.15, -0.1) is 0 Å². The molecule has 0 saturated carbocycles. The second kappa shape index (κ2) is 9.82. The number of thiazole rings is 1. The number of ether oxygens (including phenoxy) is 3. The number of anilines is 1. The molecule has 2 aliphatic rings. The molecular weight excluding hydrogens is 504 g/mol. The van der Waals surface area contributed by atoms with Crippen molar-refractivity contribution in [3.8, 4) is 11.5 Å². The Labute approximate surface area is 214 Å². The molecule has 1 aromatic heterocycles. The molecule has 2 aromatic carbocycles. The number of aromatic amines is 1. The van der Waals surface area contributed by atoms with Gasteiger partial charge in [-0.1, -0.05) is 35.2 Å². The largest absolute Gasteiger partial charge is 0.497 e. The number of benzene rings is 2. The van der Waals surface area contributed by atoms with Crippen LogP contribution in [0.4, 0.5) is 5.69 Å². The van der Waals surface area contributed by atoms with Gasteiger partial charge in [-0.2, -0.15) is 0 Å². The molecule has 0 radical (unpaired) electrons. The molecule has 186 valence electrons. The van der Waals surface area contributed by atoms with Crippen molar-refractivity contribution in [2.75, 3.05) is 25.2 Å². The van der Waals surface area contributed by atoms with E-state index in [4.69, 9.17) is 14.2 Å². The van der Waals surface area contributed by atoms with Crippen molar-refractivity contribution < 1.29 is 28.6 Å². The number of hydrogen-bond donors (Lipinski definition) is 1. The van der Waals surface area contributed by atoms with Crippen LogP contribution in [0.2, 0.25) is 0 Å². The first-order valence-corrected chi connectivity index (χ1v) is 12.9. The first kappa shape index (κ1) is 24.1. The van der Waals surface area contributed by atoms with Crippen LogP contribution in [0, 0.1) is 5.92 Å². The maximum Gasteiger partial charge on any atom is 0.344 e. The summed E-state index contributed by atoms with van der Waals surface area (Å²) in [5, 5.41) is -0.113. The van der Waals surface area contributed by atoms with Crippen molar-refractivity contribution in [2.24, 2.45) is 5.92 Å². The van der Waals surface area contributed by atoms with Crippen LogP contribution >= 0.6 is 23.1 Å². The van der Waals surface area contributed by atoms with Gasteiger partial charge in [0.25, 0.3) is 0 Å². The highest BCUT2D eigenvalue weighted by Gasteiger charge is 2.56. The molecule has 9 nitrogen and oxygen atoms in total. The number of imide groups is 1. The van der Waals surface area contributed by atoms with Crippen LogP contribution in [-0.4, -0.2) is 48.3 Å². The number of esters is 1. The SMILES string of the molecule is CCOC(=O)COc1cccc(C2c3sc(=O)[nH]c3SC3C(=O)N(c4ccc(OC)cc4)C(=O)C32)c1. The lowest BCUT2D eigenvalue weighted by molar-refractivity contribution is -0.145. The van der Waals surface area contributed by atoms with Crippen molar-refractivity contribution in [3.63, 3.8) is 0 Å². The van der Waals surface area contributed by atoms with E-state index in [9.17, 15) is 19.2 Å². The highest BCUT2D eigenvalue weighted by atomic mass is 32.2. The maximum absolute atomic E-state index is 13.8. The molecule has 1 N–H and O–H groups in total. The van der Waals surface area contributed by atoms with Crippen molar-refractivity contribution >= 4 is 46.6 Å². The molecule has 36 heavy (non-hydrogen) atoms. The molecule has 5 rings (SSSR count). The van der Waals surface area contributed by atoms with Crippen LogP contribution in [0.5, 0.6) is 11.5 Å². The molecule has 3 unspecified atom stereocenters. The number of nitrogens with one attached hydrogen (secondary N) is 1. The molecule has 3 aromatic rings. The van der Waals surface area contributed by atoms with Gasteiger partial charge in [0.15, 0.2) is 6.61 Å². The van der Waals surface area contributed by atoms with E-state index in [2.05, 4.69) is 4.98 Å². The summed E-state index contributed by atoms with van der Waals surface area (Å²) in [6, 6.07) is 13.8. The average Bonchev–Trinajstić information content (AvgIpc) is 3.37. The molecule has 1 fully saturated rings. The molecule has 2 amide bonds. The maximum atomic E-state index is 13.8. The molecule has 0 spiro atoms. The highest BCUT2D eigenvalue weighted by molar-refractivity contribution is 8.00. The molecule has 1 saturated heterocycles. The number of H-pyrrole nitrogens is 1. The molecular formula is C25H22N2O7S2. The van der Waals surface area contributed by atoms with E-state index in [1.165, 1.54) is 16.7 Å². The Bertz CT molecular complexity index is 1380. The summed E-state index contributed by atoms with van der Waals surface area (Å²) in [6.45, 7) is 1.71. The third-order valence-electron chi connectivity index (χ3n) is 6.03. The van der Waals surface area contributed by atoms with E-state index in [1.54, 1.807) is 56.5 Å². The number of fused-ring (bicyclic) bond motifs is 2. The van der Waals surface area contributed by atoms with Crippen molar-refractivity contribution in [2.45, 2.75) is 23.1 Å². The number of thioether (sulfide) groups is 1. The van der Waals surface area contributed by atoms with E-state index in [0.717, 1.165) is 11.3 Å². The second-order valence-electron chi connectivity index (χ2n) is 8.13. The molecule has 11 heteroatoms. The zero-order valence-electron chi connectivity index (χ0n) is 19.4. The zero-order chi connectivity index (χ0) is 25.4. The lowest BCUT2D eigenvalue weighted by Crippen LogP contribution is -2.32. The van der Waals surface area contributed by atoms with Gasteiger partial charge in [-0.3, -0.25) is 14.4 Å². The van der Waals surface area contributed by atoms with E-state index in [-0.39, 0.29) is 29.9 Å². The fraction of sp³-hybridized carbons (Fsp3) is 0.280. The lowest BCUT2D eigenvalue weighted by atomic mass is 9.83. The number of amides is 2. The van der Waals surface area contributed by atoms with E-state index in [1.807, 2.05) is 6.07 Å². The Morgan fingerprint density at radius 3 is 2.56 bits per heavy atom. The third kappa shape index (κ3) is 4.28. The summed E-state index contributed by atoms with van der Waals surface area (Å²) in [5.41, 5.74) is 1.17. The predicted molar refractivity (Wildman–Crippen MR) is 134 cm³/mol. The van der Waals surface area contributed by atoms with E-state index >= 15 is 0 Å². The van der Waals surface area contributed by atoms with Crippen molar-refractivity contribution in [1.29, 1.82) is 0 Å². The molecule has 3 atom stereocenters. The Balaban J connectivity index is 1.52. The quantitative estimate of drug-likeness (QED) is 0.369. The van der Waals surface area contributed by atoms with Gasteiger partial charge < -0.3 is 19.2 Å². The summed E-state index contributed by atoms with van der Waals surface area (Å²) in [5.74, 6) is -1.39. The summed E-state index contributed by atoms with van der Waals surface area (Å²) in [7, 11) is 1.54. The fourth-order valence-corrected chi connectivity index (χ4v) is 7.02. The number of rotatable bonds is 7. The highest BCUT2D eigenvalue weighted by Crippen LogP contribution is 2.53. The number of hydrogen-bond acceptors (Lipinski definition) is 9. The minimum atomic E-state index is -0.719. The minimum Gasteiger partial charge on any atom is -0.497 e. The van der Waals surface area contributed by atoms with Gasteiger partial charge in [0, 0.05) is 10.8 Å². The minimum absolute atomic E-state index is 0.251. The van der Waals surface area contributed by atoms with Crippen LogP contribution in [0.15, 0.2) is 58.4 Å². The van der Waals surface area contributed by atoms with Crippen molar-refractivity contribution in [3.05, 3.63) is 68.6 Å². The van der Waals surface area contributed by atoms with Crippen LogP contribution in [0.25, 0.3) is 0 Å². The monoisotopic (exact) mass is 526 g/mol. The van der Waals surface area contributed by atoms with E-state index in [0.29, 0.717) is 32.7 Å². The predicted octanol–water partition coefficient (Wildman–Crippen LogP) is 3.18. The van der Waals surface area contributed by atoms with Gasteiger partial charge in [-0.05, 0) is 48.9 Å². The standard InChI is InChI=1S/C25H22N2O7S2/c1-3-33-17(28)12-34-16-6-4-5-13(11-16)18-19-21(35-22-20(18)36-25(31)26-22)24(30)27(23(19)29)14-7-9-15(32-2)10-8-14/h4-11,18-19,21H,3,12H2,1-2H3,(H,26,31). The first-order chi connectivity index (χ1) is 17.4. The van der Waals surface area contributed by atoms with Gasteiger partial charge in [0.1, 0.15) is 16.7 Å².